The average Bonchev–Trinajstić information content (AvgIpc) is 3.21. The molecule has 0 spiro atoms. The average molecular weight is 438 g/mol. The monoisotopic (exact) mass is 438 g/mol. The minimum absolute atomic E-state index is 0.0366. The SMILES string of the molecule is N#Cc1ccc(-n2cnc3cc(OCCOCCO)c(NC4CCCC(O)C4)nc32)nc1. The van der Waals surface area contributed by atoms with Gasteiger partial charge in [0.15, 0.2) is 17.2 Å². The molecular formula is C22H26N6O4. The highest BCUT2D eigenvalue weighted by atomic mass is 16.5. The number of nitriles is 1. The second-order valence-electron chi connectivity index (χ2n) is 7.66. The molecule has 0 radical (unpaired) electrons. The van der Waals surface area contributed by atoms with E-state index in [1.54, 1.807) is 23.0 Å². The molecule has 1 saturated carbocycles. The second kappa shape index (κ2) is 10.4. The van der Waals surface area contributed by atoms with Crippen molar-refractivity contribution in [2.45, 2.75) is 37.8 Å². The van der Waals surface area contributed by atoms with Crippen LogP contribution < -0.4 is 10.1 Å². The largest absolute Gasteiger partial charge is 0.487 e. The molecule has 0 bridgehead atoms. The molecule has 1 fully saturated rings. The summed E-state index contributed by atoms with van der Waals surface area (Å²) in [6, 6.07) is 7.40. The zero-order valence-electron chi connectivity index (χ0n) is 17.6. The summed E-state index contributed by atoms with van der Waals surface area (Å²) in [5.41, 5.74) is 1.71. The van der Waals surface area contributed by atoms with Crippen LogP contribution in [0.1, 0.15) is 31.2 Å². The lowest BCUT2D eigenvalue weighted by Crippen LogP contribution is -2.30. The first-order valence-electron chi connectivity index (χ1n) is 10.7. The number of hydrogen-bond acceptors (Lipinski definition) is 9. The Labute approximate surface area is 185 Å². The number of rotatable bonds is 9. The first kappa shape index (κ1) is 22.0. The molecule has 3 aromatic rings. The van der Waals surface area contributed by atoms with Gasteiger partial charge < -0.3 is 25.0 Å². The van der Waals surface area contributed by atoms with Crippen LogP contribution in [0.25, 0.3) is 17.0 Å². The number of nitrogens with one attached hydrogen (secondary N) is 1. The van der Waals surface area contributed by atoms with Crippen molar-refractivity contribution in [2.24, 2.45) is 0 Å². The highest BCUT2D eigenvalue weighted by Gasteiger charge is 2.22. The lowest BCUT2D eigenvalue weighted by molar-refractivity contribution is 0.0706. The van der Waals surface area contributed by atoms with Gasteiger partial charge in [-0.3, -0.25) is 4.57 Å². The van der Waals surface area contributed by atoms with Gasteiger partial charge in [-0.15, -0.1) is 0 Å². The Hall–Kier alpha value is -3.26. The fraction of sp³-hybridized carbons (Fsp3) is 0.455. The Kier molecular flexibility index (Phi) is 7.11. The number of aromatic nitrogens is 4. The maximum Gasteiger partial charge on any atom is 0.171 e. The Morgan fingerprint density at radius 3 is 2.88 bits per heavy atom. The van der Waals surface area contributed by atoms with E-state index >= 15 is 0 Å². The number of fused-ring (bicyclic) bond motifs is 1. The number of ether oxygens (including phenoxy) is 2. The molecule has 0 amide bonds. The highest BCUT2D eigenvalue weighted by molar-refractivity contribution is 5.78. The van der Waals surface area contributed by atoms with Crippen molar-refractivity contribution < 1.29 is 19.7 Å². The van der Waals surface area contributed by atoms with Gasteiger partial charge >= 0.3 is 0 Å². The lowest BCUT2D eigenvalue weighted by Gasteiger charge is -2.27. The van der Waals surface area contributed by atoms with Gasteiger partial charge in [-0.05, 0) is 37.8 Å². The van der Waals surface area contributed by atoms with Gasteiger partial charge in [-0.1, -0.05) is 0 Å². The predicted octanol–water partition coefficient (Wildman–Crippen LogP) is 1.79. The van der Waals surface area contributed by atoms with E-state index in [1.807, 2.05) is 6.07 Å². The summed E-state index contributed by atoms with van der Waals surface area (Å²) in [4.78, 5) is 13.6. The molecular weight excluding hydrogens is 412 g/mol. The van der Waals surface area contributed by atoms with Gasteiger partial charge in [-0.25, -0.2) is 15.0 Å². The summed E-state index contributed by atoms with van der Waals surface area (Å²) in [6.07, 6.45) is 6.16. The maximum absolute atomic E-state index is 10.1. The molecule has 2 atom stereocenters. The number of nitrogens with zero attached hydrogens (tertiary/aromatic N) is 5. The van der Waals surface area contributed by atoms with Gasteiger partial charge in [-0.2, -0.15) is 5.26 Å². The fourth-order valence-electron chi connectivity index (χ4n) is 3.76. The van der Waals surface area contributed by atoms with Gasteiger partial charge in [0, 0.05) is 18.3 Å². The number of anilines is 1. The number of hydrogen-bond donors (Lipinski definition) is 3. The van der Waals surface area contributed by atoms with Gasteiger partial charge in [0.2, 0.25) is 0 Å². The summed E-state index contributed by atoms with van der Waals surface area (Å²) < 4.78 is 12.9. The van der Waals surface area contributed by atoms with E-state index in [4.69, 9.17) is 24.8 Å². The molecule has 3 N–H and O–H groups in total. The van der Waals surface area contributed by atoms with Crippen LogP contribution in [0.15, 0.2) is 30.7 Å². The van der Waals surface area contributed by atoms with E-state index < -0.39 is 0 Å². The number of aliphatic hydroxyl groups is 2. The topological polar surface area (TPSA) is 138 Å². The van der Waals surface area contributed by atoms with Crippen LogP contribution in [0.2, 0.25) is 0 Å². The standard InChI is InChI=1S/C22H26N6O4/c23-12-15-4-5-20(24-13-15)28-14-25-18-11-19(32-9-8-31-7-6-29)21(27-22(18)28)26-16-2-1-3-17(30)10-16/h4-5,11,13-14,16-17,29-30H,1-3,6-10H2,(H,26,27). The van der Waals surface area contributed by atoms with Gasteiger partial charge in [0.1, 0.15) is 30.3 Å². The van der Waals surface area contributed by atoms with E-state index in [0.717, 1.165) is 19.3 Å². The van der Waals surface area contributed by atoms with E-state index in [1.165, 1.54) is 6.20 Å². The first-order valence-corrected chi connectivity index (χ1v) is 10.7. The maximum atomic E-state index is 10.1. The molecule has 0 aromatic carbocycles. The van der Waals surface area contributed by atoms with Crippen molar-refractivity contribution in [1.82, 2.24) is 19.5 Å². The first-order chi connectivity index (χ1) is 15.7. The molecule has 168 valence electrons. The molecule has 32 heavy (non-hydrogen) atoms. The van der Waals surface area contributed by atoms with E-state index in [0.29, 0.717) is 53.7 Å². The van der Waals surface area contributed by atoms with Crippen molar-refractivity contribution in [3.05, 3.63) is 36.3 Å². The van der Waals surface area contributed by atoms with Crippen molar-refractivity contribution in [3.63, 3.8) is 0 Å². The third kappa shape index (κ3) is 5.13. The quantitative estimate of drug-likeness (QED) is 0.427. The summed E-state index contributed by atoms with van der Waals surface area (Å²) in [6.45, 7) is 0.857. The normalized spacial score (nSPS) is 18.4. The third-order valence-electron chi connectivity index (χ3n) is 5.32. The second-order valence-corrected chi connectivity index (χ2v) is 7.66. The molecule has 4 rings (SSSR count). The van der Waals surface area contributed by atoms with Crippen LogP contribution in [0.4, 0.5) is 5.82 Å². The fourth-order valence-corrected chi connectivity index (χ4v) is 3.76. The van der Waals surface area contributed by atoms with Gasteiger partial charge in [0.25, 0.3) is 0 Å². The van der Waals surface area contributed by atoms with Crippen LogP contribution in [0.3, 0.4) is 0 Å². The third-order valence-corrected chi connectivity index (χ3v) is 5.32. The molecule has 2 unspecified atom stereocenters. The summed E-state index contributed by atoms with van der Waals surface area (Å²) in [7, 11) is 0. The number of imidazole rings is 1. The van der Waals surface area contributed by atoms with E-state index in [9.17, 15) is 5.11 Å². The van der Waals surface area contributed by atoms with Crippen molar-refractivity contribution in [1.29, 1.82) is 5.26 Å². The Morgan fingerprint density at radius 2 is 2.12 bits per heavy atom. The van der Waals surface area contributed by atoms with Gasteiger partial charge in [0.05, 0.1) is 31.5 Å². The number of pyridine rings is 2. The van der Waals surface area contributed by atoms with E-state index in [2.05, 4.69) is 21.4 Å². The molecule has 1 aliphatic rings. The predicted molar refractivity (Wildman–Crippen MR) is 117 cm³/mol. The van der Waals surface area contributed by atoms with Crippen LogP contribution >= 0.6 is 0 Å². The van der Waals surface area contributed by atoms with E-state index in [-0.39, 0.29) is 25.4 Å². The van der Waals surface area contributed by atoms with Crippen molar-refractivity contribution in [2.75, 3.05) is 31.7 Å². The van der Waals surface area contributed by atoms with Crippen molar-refractivity contribution in [3.8, 4) is 17.6 Å². The molecule has 3 aromatic heterocycles. The van der Waals surface area contributed by atoms with Crippen LogP contribution in [-0.4, -0.2) is 68.3 Å². The molecule has 10 nitrogen and oxygen atoms in total. The Bertz CT molecular complexity index is 1080. The Morgan fingerprint density at radius 1 is 1.22 bits per heavy atom. The summed E-state index contributed by atoms with van der Waals surface area (Å²) in [5, 5.41) is 31.3. The minimum Gasteiger partial charge on any atom is -0.487 e. The zero-order valence-corrected chi connectivity index (χ0v) is 17.6. The Balaban J connectivity index is 1.63. The highest BCUT2D eigenvalue weighted by Crippen LogP contribution is 2.31. The van der Waals surface area contributed by atoms with Crippen molar-refractivity contribution >= 4 is 17.0 Å². The minimum atomic E-state index is -0.324. The molecule has 0 aliphatic heterocycles. The van der Waals surface area contributed by atoms with Crippen LogP contribution in [0, 0.1) is 11.3 Å². The summed E-state index contributed by atoms with van der Waals surface area (Å²) in [5.74, 6) is 1.71. The lowest BCUT2D eigenvalue weighted by atomic mass is 9.93. The summed E-state index contributed by atoms with van der Waals surface area (Å²) >= 11 is 0. The molecule has 1 aliphatic carbocycles. The zero-order chi connectivity index (χ0) is 22.3. The smallest absolute Gasteiger partial charge is 0.171 e. The van der Waals surface area contributed by atoms with Crippen LogP contribution in [0.5, 0.6) is 5.75 Å². The number of aliphatic hydroxyl groups excluding tert-OH is 2. The molecule has 0 saturated heterocycles. The van der Waals surface area contributed by atoms with Crippen LogP contribution in [-0.2, 0) is 4.74 Å². The molecule has 3 heterocycles. The molecule has 10 heteroatoms.